The Morgan fingerprint density at radius 2 is 1.50 bits per heavy atom. The average molecular weight is 162 g/mol. The third-order valence-electron chi connectivity index (χ3n) is 0.306. The molecule has 0 amide bonds. The van der Waals surface area contributed by atoms with Gasteiger partial charge in [0, 0.05) is 0 Å². The van der Waals surface area contributed by atoms with Gasteiger partial charge in [-0.25, -0.2) is 0 Å². The van der Waals surface area contributed by atoms with E-state index in [-0.39, 0.29) is 0 Å². The zero-order valence-electron chi connectivity index (χ0n) is 4.41. The summed E-state index contributed by atoms with van der Waals surface area (Å²) in [5, 5.41) is 0. The molecular formula is C3H9GeOSi. The summed E-state index contributed by atoms with van der Waals surface area (Å²) in [6, 6.07) is 0. The quantitative estimate of drug-likeness (QED) is 0.520. The molecule has 0 spiro atoms. The standard InChI is InChI=1S/C3H9GeOSi/c1-6(2,3)5-4/h1-3H3. The van der Waals surface area contributed by atoms with E-state index in [1.54, 1.807) is 16.9 Å². The van der Waals surface area contributed by atoms with Gasteiger partial charge in [0.2, 0.25) is 0 Å². The molecule has 1 nitrogen and oxygen atoms in total. The van der Waals surface area contributed by atoms with Crippen molar-refractivity contribution in [2.45, 2.75) is 19.6 Å². The van der Waals surface area contributed by atoms with Gasteiger partial charge in [-0.1, -0.05) is 0 Å². The van der Waals surface area contributed by atoms with Crippen LogP contribution in [0.15, 0.2) is 0 Å². The Bertz CT molecular complexity index is 40.5. The van der Waals surface area contributed by atoms with E-state index in [2.05, 4.69) is 19.6 Å². The maximum atomic E-state index is 5.08. The Kier molecular flexibility index (Phi) is 2.39. The third kappa shape index (κ3) is 4.72. The van der Waals surface area contributed by atoms with Crippen LogP contribution in [0, 0.1) is 0 Å². The molecule has 0 aliphatic carbocycles. The van der Waals surface area contributed by atoms with Crippen LogP contribution in [0.1, 0.15) is 0 Å². The van der Waals surface area contributed by atoms with Crippen LogP contribution in [-0.4, -0.2) is 25.2 Å². The Hall–Kier alpha value is 0.720. The molecule has 0 saturated carbocycles. The Labute approximate surface area is 48.8 Å². The first-order chi connectivity index (χ1) is 2.56. The molecule has 3 heteroatoms. The van der Waals surface area contributed by atoms with Gasteiger partial charge >= 0.3 is 48.3 Å². The predicted octanol–water partition coefficient (Wildman–Crippen LogP) is 0.921. The molecule has 6 heavy (non-hydrogen) atoms. The van der Waals surface area contributed by atoms with Crippen LogP contribution in [0.4, 0.5) is 0 Å². The van der Waals surface area contributed by atoms with Crippen LogP contribution in [0.2, 0.25) is 19.6 Å². The van der Waals surface area contributed by atoms with E-state index in [1.807, 2.05) is 0 Å². The molecule has 0 unspecified atom stereocenters. The summed E-state index contributed by atoms with van der Waals surface area (Å²) >= 11 is 1.77. The van der Waals surface area contributed by atoms with E-state index in [0.29, 0.717) is 0 Å². The van der Waals surface area contributed by atoms with E-state index >= 15 is 0 Å². The molecule has 3 radical (unpaired) electrons. The van der Waals surface area contributed by atoms with Crippen molar-refractivity contribution in [3.8, 4) is 0 Å². The summed E-state index contributed by atoms with van der Waals surface area (Å²) in [6.07, 6.45) is 0. The Balaban J connectivity index is 3.17. The molecule has 0 fully saturated rings. The summed E-state index contributed by atoms with van der Waals surface area (Å²) < 4.78 is 5.08. The van der Waals surface area contributed by atoms with Gasteiger partial charge in [0.25, 0.3) is 0 Å². The van der Waals surface area contributed by atoms with E-state index in [4.69, 9.17) is 3.45 Å². The van der Waals surface area contributed by atoms with Crippen molar-refractivity contribution in [1.29, 1.82) is 0 Å². The fourth-order valence-electron chi connectivity index (χ4n) is 0. The van der Waals surface area contributed by atoms with Crippen LogP contribution in [0.5, 0.6) is 0 Å². The number of hydrogen-bond donors (Lipinski definition) is 0. The molecule has 0 heterocycles. The number of rotatable bonds is 1. The van der Waals surface area contributed by atoms with E-state index in [1.165, 1.54) is 0 Å². The van der Waals surface area contributed by atoms with Gasteiger partial charge < -0.3 is 0 Å². The first kappa shape index (κ1) is 6.72. The molecule has 0 saturated heterocycles. The summed E-state index contributed by atoms with van der Waals surface area (Å²) in [4.78, 5) is 0. The zero-order valence-corrected chi connectivity index (χ0v) is 7.51. The third-order valence-corrected chi connectivity index (χ3v) is 4.77. The van der Waals surface area contributed by atoms with Gasteiger partial charge in [0.1, 0.15) is 0 Å². The first-order valence-electron chi connectivity index (χ1n) is 1.91. The van der Waals surface area contributed by atoms with Gasteiger partial charge in [0.05, 0.1) is 0 Å². The van der Waals surface area contributed by atoms with Crippen molar-refractivity contribution < 1.29 is 3.45 Å². The maximum absolute atomic E-state index is 5.08. The van der Waals surface area contributed by atoms with Crippen molar-refractivity contribution in [3.05, 3.63) is 0 Å². The van der Waals surface area contributed by atoms with Crippen LogP contribution in [0.25, 0.3) is 0 Å². The normalized spacial score (nSPS) is 12.0. The summed E-state index contributed by atoms with van der Waals surface area (Å²) in [5.74, 6) is 0. The SMILES string of the molecule is C[Si](C)(C)[O][Ge]. The Morgan fingerprint density at radius 3 is 1.50 bits per heavy atom. The molecular weight excluding hydrogens is 153 g/mol. The minimum absolute atomic E-state index is 1.13. The molecule has 0 bridgehead atoms. The fourth-order valence-corrected chi connectivity index (χ4v) is 0. The number of hydrogen-bond acceptors (Lipinski definition) is 1. The summed E-state index contributed by atoms with van der Waals surface area (Å²) in [6.45, 7) is 6.48. The van der Waals surface area contributed by atoms with Gasteiger partial charge in [-0.3, -0.25) is 0 Å². The van der Waals surface area contributed by atoms with Crippen molar-refractivity contribution in [3.63, 3.8) is 0 Å². The van der Waals surface area contributed by atoms with Crippen molar-refractivity contribution in [2.24, 2.45) is 0 Å². The molecule has 0 aromatic rings. The van der Waals surface area contributed by atoms with Crippen molar-refractivity contribution in [1.82, 2.24) is 0 Å². The summed E-state index contributed by atoms with van der Waals surface area (Å²) in [5.41, 5.74) is 0. The Morgan fingerprint density at radius 1 is 1.33 bits per heavy atom. The average Bonchev–Trinajstić information content (AvgIpc) is 1.35. The second-order valence-electron chi connectivity index (χ2n) is 2.21. The molecule has 0 aromatic carbocycles. The predicted molar refractivity (Wildman–Crippen MR) is 30.2 cm³/mol. The van der Waals surface area contributed by atoms with Crippen LogP contribution < -0.4 is 0 Å². The molecule has 0 rings (SSSR count). The monoisotopic (exact) mass is 163 g/mol. The van der Waals surface area contributed by atoms with Gasteiger partial charge in [-0.15, -0.1) is 0 Å². The topological polar surface area (TPSA) is 9.23 Å². The molecule has 0 atom stereocenters. The molecule has 0 N–H and O–H groups in total. The van der Waals surface area contributed by atoms with E-state index in [9.17, 15) is 0 Å². The fraction of sp³-hybridized carbons (Fsp3) is 1.00. The van der Waals surface area contributed by atoms with Crippen LogP contribution in [-0.2, 0) is 3.45 Å². The van der Waals surface area contributed by atoms with Crippen LogP contribution in [0.3, 0.4) is 0 Å². The van der Waals surface area contributed by atoms with E-state index in [0.717, 1.165) is 0 Å². The van der Waals surface area contributed by atoms with Gasteiger partial charge in [-0.05, 0) is 0 Å². The summed E-state index contributed by atoms with van der Waals surface area (Å²) in [7, 11) is -1.13. The molecule has 0 aliphatic heterocycles. The first-order valence-corrected chi connectivity index (χ1v) is 6.17. The second kappa shape index (κ2) is 2.14. The van der Waals surface area contributed by atoms with Gasteiger partial charge in [-0.2, -0.15) is 0 Å². The van der Waals surface area contributed by atoms with Crippen molar-refractivity contribution >= 4 is 25.2 Å². The van der Waals surface area contributed by atoms with Crippen molar-refractivity contribution in [2.75, 3.05) is 0 Å². The van der Waals surface area contributed by atoms with Crippen LogP contribution >= 0.6 is 0 Å². The molecule has 0 aliphatic rings. The molecule has 35 valence electrons. The zero-order chi connectivity index (χ0) is 5.21. The van der Waals surface area contributed by atoms with E-state index < -0.39 is 8.32 Å². The minimum atomic E-state index is -1.13. The second-order valence-corrected chi connectivity index (χ2v) is 7.93. The molecule has 0 aromatic heterocycles. The van der Waals surface area contributed by atoms with Gasteiger partial charge in [0.15, 0.2) is 0 Å².